The van der Waals surface area contributed by atoms with E-state index in [1.165, 1.54) is 0 Å². The molecule has 0 fully saturated rings. The Morgan fingerprint density at radius 1 is 1.54 bits per heavy atom. The highest BCUT2D eigenvalue weighted by Crippen LogP contribution is 1.97. The van der Waals surface area contributed by atoms with Gasteiger partial charge in [0.2, 0.25) is 0 Å². The van der Waals surface area contributed by atoms with Crippen molar-refractivity contribution < 1.29 is 9.53 Å². The lowest BCUT2D eigenvalue weighted by molar-refractivity contribution is 0.0493. The van der Waals surface area contributed by atoms with Gasteiger partial charge in [0.05, 0.1) is 6.61 Å². The van der Waals surface area contributed by atoms with Crippen molar-refractivity contribution in [1.29, 1.82) is 0 Å². The molecule has 0 unspecified atom stereocenters. The Labute approximate surface area is 77.8 Å². The number of hydrogen-bond acceptors (Lipinski definition) is 3. The maximum atomic E-state index is 11.2. The first kappa shape index (κ1) is 9.71. The Morgan fingerprint density at radius 2 is 2.38 bits per heavy atom. The number of carbonyl (C=O) groups excluding carboxylic acids is 1. The van der Waals surface area contributed by atoms with E-state index in [1.807, 2.05) is 0 Å². The number of carbonyl (C=O) groups is 1. The summed E-state index contributed by atoms with van der Waals surface area (Å²) < 4.78 is 4.97. The lowest BCUT2D eigenvalue weighted by atomic mass is 10.3. The molecule has 1 aromatic rings. The molecule has 0 radical (unpaired) electrons. The molecule has 0 atom stereocenters. The Kier molecular flexibility index (Phi) is 3.96. The molecule has 0 amide bonds. The minimum atomic E-state index is -0.339. The highest BCUT2D eigenvalue weighted by Gasteiger charge is 2.05. The fraction of sp³-hybridized carbons (Fsp3) is 0.400. The molecule has 0 aliphatic carbocycles. The first-order chi connectivity index (χ1) is 6.34. The number of ether oxygens (including phenoxy) is 1. The third-order valence-corrected chi connectivity index (χ3v) is 1.61. The second-order valence-electron chi connectivity index (χ2n) is 2.70. The molecule has 0 aliphatic heterocycles. The van der Waals surface area contributed by atoms with Gasteiger partial charge in [-0.15, -0.1) is 0 Å². The monoisotopic (exact) mass is 179 g/mol. The van der Waals surface area contributed by atoms with Crippen molar-refractivity contribution >= 4 is 5.97 Å². The van der Waals surface area contributed by atoms with E-state index >= 15 is 0 Å². The number of rotatable bonds is 4. The van der Waals surface area contributed by atoms with E-state index in [0.717, 1.165) is 12.8 Å². The van der Waals surface area contributed by atoms with Crippen LogP contribution in [0.25, 0.3) is 0 Å². The third kappa shape index (κ3) is 3.23. The lowest BCUT2D eigenvalue weighted by Gasteiger charge is -2.01. The minimum absolute atomic E-state index is 0.339. The van der Waals surface area contributed by atoms with Crippen LogP contribution in [0.15, 0.2) is 24.4 Å². The molecule has 3 heteroatoms. The fourth-order valence-electron chi connectivity index (χ4n) is 0.867. The van der Waals surface area contributed by atoms with E-state index < -0.39 is 0 Å². The molecule has 1 heterocycles. The zero-order valence-corrected chi connectivity index (χ0v) is 7.69. The van der Waals surface area contributed by atoms with Crippen LogP contribution >= 0.6 is 0 Å². The van der Waals surface area contributed by atoms with Crippen molar-refractivity contribution in [3.63, 3.8) is 0 Å². The van der Waals surface area contributed by atoms with Gasteiger partial charge in [0.1, 0.15) is 5.69 Å². The second-order valence-corrected chi connectivity index (χ2v) is 2.70. The van der Waals surface area contributed by atoms with Crippen molar-refractivity contribution in [1.82, 2.24) is 4.98 Å². The zero-order chi connectivity index (χ0) is 9.52. The van der Waals surface area contributed by atoms with Gasteiger partial charge in [0.15, 0.2) is 0 Å². The first-order valence-corrected chi connectivity index (χ1v) is 4.42. The van der Waals surface area contributed by atoms with Crippen LogP contribution in [0.1, 0.15) is 30.3 Å². The van der Waals surface area contributed by atoms with E-state index in [-0.39, 0.29) is 5.97 Å². The van der Waals surface area contributed by atoms with Gasteiger partial charge in [0.25, 0.3) is 0 Å². The first-order valence-electron chi connectivity index (χ1n) is 4.42. The molecule has 13 heavy (non-hydrogen) atoms. The Balaban J connectivity index is 2.40. The molecule has 0 saturated heterocycles. The van der Waals surface area contributed by atoms with Crippen molar-refractivity contribution in [2.45, 2.75) is 19.8 Å². The third-order valence-electron chi connectivity index (χ3n) is 1.61. The fourth-order valence-corrected chi connectivity index (χ4v) is 0.867. The van der Waals surface area contributed by atoms with Crippen molar-refractivity contribution in [2.75, 3.05) is 6.61 Å². The highest BCUT2D eigenvalue weighted by molar-refractivity contribution is 5.87. The molecular weight excluding hydrogens is 166 g/mol. The Bertz CT molecular complexity index is 259. The normalized spacial score (nSPS) is 9.62. The largest absolute Gasteiger partial charge is 0.461 e. The van der Waals surface area contributed by atoms with Crippen LogP contribution in [0.2, 0.25) is 0 Å². The van der Waals surface area contributed by atoms with E-state index in [0.29, 0.717) is 12.3 Å². The van der Waals surface area contributed by atoms with Gasteiger partial charge in [-0.2, -0.15) is 0 Å². The standard InChI is InChI=1S/C10H13NO2/c1-2-3-8-13-10(12)9-6-4-5-7-11-9/h4-7H,2-3,8H2,1H3. The Morgan fingerprint density at radius 3 is 3.00 bits per heavy atom. The summed E-state index contributed by atoms with van der Waals surface area (Å²) in [6, 6.07) is 5.18. The van der Waals surface area contributed by atoms with Crippen LogP contribution in [0.4, 0.5) is 0 Å². The van der Waals surface area contributed by atoms with Crippen molar-refractivity contribution in [3.8, 4) is 0 Å². The average molecular weight is 179 g/mol. The van der Waals surface area contributed by atoms with Gasteiger partial charge in [-0.1, -0.05) is 19.4 Å². The number of pyridine rings is 1. The molecule has 70 valence electrons. The number of nitrogens with zero attached hydrogens (tertiary/aromatic N) is 1. The molecule has 0 N–H and O–H groups in total. The molecule has 3 nitrogen and oxygen atoms in total. The van der Waals surface area contributed by atoms with Crippen molar-refractivity contribution in [2.24, 2.45) is 0 Å². The van der Waals surface area contributed by atoms with Crippen LogP contribution in [0, 0.1) is 0 Å². The summed E-state index contributed by atoms with van der Waals surface area (Å²) in [7, 11) is 0. The molecule has 0 aliphatic rings. The van der Waals surface area contributed by atoms with Gasteiger partial charge < -0.3 is 4.74 Å². The number of hydrogen-bond donors (Lipinski definition) is 0. The summed E-state index contributed by atoms with van der Waals surface area (Å²) in [4.78, 5) is 15.1. The van der Waals surface area contributed by atoms with Gasteiger partial charge >= 0.3 is 5.97 Å². The van der Waals surface area contributed by atoms with Gasteiger partial charge in [0, 0.05) is 6.20 Å². The lowest BCUT2D eigenvalue weighted by Crippen LogP contribution is -2.07. The summed E-state index contributed by atoms with van der Waals surface area (Å²) in [5.41, 5.74) is 0.374. The summed E-state index contributed by atoms with van der Waals surface area (Å²) >= 11 is 0. The summed E-state index contributed by atoms with van der Waals surface area (Å²) in [5.74, 6) is -0.339. The molecule has 1 rings (SSSR count). The van der Waals surface area contributed by atoms with E-state index in [4.69, 9.17) is 4.74 Å². The molecule has 0 saturated carbocycles. The summed E-state index contributed by atoms with van der Waals surface area (Å²) in [5, 5.41) is 0. The number of aromatic nitrogens is 1. The molecular formula is C10H13NO2. The number of esters is 1. The molecule has 1 aromatic heterocycles. The maximum Gasteiger partial charge on any atom is 0.356 e. The van der Waals surface area contributed by atoms with Crippen molar-refractivity contribution in [3.05, 3.63) is 30.1 Å². The van der Waals surface area contributed by atoms with Gasteiger partial charge in [-0.25, -0.2) is 9.78 Å². The average Bonchev–Trinajstić information content (AvgIpc) is 2.19. The van der Waals surface area contributed by atoms with Crippen LogP contribution in [0.3, 0.4) is 0 Å². The van der Waals surface area contributed by atoms with Gasteiger partial charge in [-0.3, -0.25) is 0 Å². The van der Waals surface area contributed by atoms with E-state index in [1.54, 1.807) is 24.4 Å². The van der Waals surface area contributed by atoms with Crippen LogP contribution in [0.5, 0.6) is 0 Å². The molecule has 0 bridgehead atoms. The maximum absolute atomic E-state index is 11.2. The number of unbranched alkanes of at least 4 members (excludes halogenated alkanes) is 1. The molecule has 0 aromatic carbocycles. The summed E-state index contributed by atoms with van der Waals surface area (Å²) in [6.07, 6.45) is 3.50. The van der Waals surface area contributed by atoms with Crippen LogP contribution in [-0.4, -0.2) is 17.6 Å². The zero-order valence-electron chi connectivity index (χ0n) is 7.69. The smallest absolute Gasteiger partial charge is 0.356 e. The molecule has 0 spiro atoms. The summed E-state index contributed by atoms with van der Waals surface area (Å²) in [6.45, 7) is 2.53. The topological polar surface area (TPSA) is 39.2 Å². The second kappa shape index (κ2) is 5.30. The van der Waals surface area contributed by atoms with E-state index in [9.17, 15) is 4.79 Å². The quantitative estimate of drug-likeness (QED) is 0.524. The van der Waals surface area contributed by atoms with Crippen LogP contribution < -0.4 is 0 Å². The Hall–Kier alpha value is -1.38. The SMILES string of the molecule is CCCCOC(=O)c1ccccn1. The van der Waals surface area contributed by atoms with E-state index in [2.05, 4.69) is 11.9 Å². The van der Waals surface area contributed by atoms with Crippen LogP contribution in [-0.2, 0) is 4.74 Å². The minimum Gasteiger partial charge on any atom is -0.461 e. The predicted octanol–water partition coefficient (Wildman–Crippen LogP) is 2.04. The predicted molar refractivity (Wildman–Crippen MR) is 49.4 cm³/mol. The highest BCUT2D eigenvalue weighted by atomic mass is 16.5. The van der Waals surface area contributed by atoms with Gasteiger partial charge in [-0.05, 0) is 18.6 Å².